The van der Waals surface area contributed by atoms with Gasteiger partial charge < -0.3 is 19.7 Å². The van der Waals surface area contributed by atoms with Crippen molar-refractivity contribution in [2.75, 3.05) is 13.2 Å². The Morgan fingerprint density at radius 2 is 0.950 bits per heavy atom. The summed E-state index contributed by atoms with van der Waals surface area (Å²) < 4.78 is 6.17. The highest BCUT2D eigenvalue weighted by molar-refractivity contribution is 6.68. The molecule has 0 aliphatic carbocycles. The Balaban J connectivity index is 3.42. The number of halogens is 6. The number of hydrogen-bond acceptors (Lipinski definition) is 4. The Morgan fingerprint density at radius 3 is 1.20 bits per heavy atom. The van der Waals surface area contributed by atoms with Gasteiger partial charge in [0.25, 0.3) is 0 Å². The minimum absolute atomic E-state index is 0.271. The first kappa shape index (κ1) is 21.6. The molecule has 0 spiro atoms. The highest BCUT2D eigenvalue weighted by Gasteiger charge is 2.32. The van der Waals surface area contributed by atoms with E-state index in [4.69, 9.17) is 79.1 Å². The van der Waals surface area contributed by atoms with Crippen LogP contribution in [0.4, 0.5) is 0 Å². The lowest BCUT2D eigenvalue weighted by Crippen LogP contribution is -2.28. The van der Waals surface area contributed by atoms with Gasteiger partial charge in [0, 0.05) is 13.2 Å². The molecule has 0 aliphatic rings. The Morgan fingerprint density at radius 1 is 0.650 bits per heavy atom. The van der Waals surface area contributed by atoms with Gasteiger partial charge in [0.2, 0.25) is 20.2 Å². The summed E-state index contributed by atoms with van der Waals surface area (Å²) in [6.45, 7) is 0.541. The zero-order chi connectivity index (χ0) is 15.8. The van der Waals surface area contributed by atoms with Gasteiger partial charge in [-0.15, -0.1) is 0 Å². The zero-order valence-corrected chi connectivity index (χ0v) is 14.9. The van der Waals surface area contributed by atoms with E-state index < -0.39 is 20.2 Å². The maximum Gasteiger partial charge on any atom is 0.240 e. The van der Waals surface area contributed by atoms with Crippen LogP contribution in [0.2, 0.25) is 0 Å². The minimum atomic E-state index is -1.85. The van der Waals surface area contributed by atoms with Crippen molar-refractivity contribution in [2.24, 2.45) is 0 Å². The highest BCUT2D eigenvalue weighted by Crippen LogP contribution is 2.31. The van der Waals surface area contributed by atoms with E-state index in [9.17, 15) is 10.2 Å². The van der Waals surface area contributed by atoms with Crippen LogP contribution in [0, 0.1) is 0 Å². The fraction of sp³-hybridized carbons (Fsp3) is 1.00. The van der Waals surface area contributed by atoms with Crippen molar-refractivity contribution in [1.82, 2.24) is 0 Å². The Kier molecular flexibility index (Phi) is 11.2. The minimum Gasteiger partial charge on any atom is -0.365 e. The number of ether oxygens (including phenoxy) is 2. The lowest BCUT2D eigenvalue weighted by Gasteiger charge is -2.19. The third-order valence-electron chi connectivity index (χ3n) is 2.15. The Labute approximate surface area is 148 Å². The molecule has 20 heavy (non-hydrogen) atoms. The van der Waals surface area contributed by atoms with Crippen LogP contribution in [0.1, 0.15) is 25.7 Å². The fourth-order valence-electron chi connectivity index (χ4n) is 1.14. The van der Waals surface area contributed by atoms with Crippen molar-refractivity contribution in [2.45, 2.75) is 45.8 Å². The standard InChI is InChI=1S/C10H16Cl6O4/c11-9(12,13)7(17)19-5-3-1-2-4-6-20-8(18)10(14,15)16/h7-8,17-18H,1-6H2/t7-,8-/m0/s1. The summed E-state index contributed by atoms with van der Waals surface area (Å²) >= 11 is 32.5. The predicted molar refractivity (Wildman–Crippen MR) is 83.0 cm³/mol. The SMILES string of the molecule is O[C@@H](OCCCCCCO[C@H](O)C(Cl)(Cl)Cl)C(Cl)(Cl)Cl. The molecule has 10 heteroatoms. The summed E-state index contributed by atoms with van der Waals surface area (Å²) in [5, 5.41) is 18.5. The van der Waals surface area contributed by atoms with Crippen molar-refractivity contribution in [3.05, 3.63) is 0 Å². The molecule has 0 aromatic heterocycles. The van der Waals surface area contributed by atoms with Gasteiger partial charge in [0.15, 0.2) is 0 Å². The van der Waals surface area contributed by atoms with E-state index in [2.05, 4.69) is 0 Å². The second kappa shape index (κ2) is 10.4. The molecule has 0 heterocycles. The zero-order valence-electron chi connectivity index (χ0n) is 10.4. The number of hydrogen-bond donors (Lipinski definition) is 2. The molecule has 0 rings (SSSR count). The number of alkyl halides is 6. The van der Waals surface area contributed by atoms with Gasteiger partial charge in [-0.25, -0.2) is 0 Å². The van der Waals surface area contributed by atoms with Crippen molar-refractivity contribution in [3.8, 4) is 0 Å². The normalized spacial score (nSPS) is 16.2. The monoisotopic (exact) mass is 410 g/mol. The largest absolute Gasteiger partial charge is 0.365 e. The van der Waals surface area contributed by atoms with Crippen LogP contribution in [0.5, 0.6) is 0 Å². The number of unbranched alkanes of at least 4 members (excludes halogenated alkanes) is 3. The third-order valence-corrected chi connectivity index (χ3v) is 3.27. The molecule has 122 valence electrons. The first-order valence-electron chi connectivity index (χ1n) is 5.78. The number of rotatable bonds is 9. The second-order valence-electron chi connectivity index (χ2n) is 3.94. The first-order chi connectivity index (χ1) is 9.05. The molecule has 2 N–H and O–H groups in total. The number of aliphatic hydroxyl groups is 2. The van der Waals surface area contributed by atoms with Gasteiger partial charge in [0.1, 0.15) is 0 Å². The summed E-state index contributed by atoms with van der Waals surface area (Å²) in [7, 11) is 0. The van der Waals surface area contributed by atoms with Crippen LogP contribution in [0.15, 0.2) is 0 Å². The van der Waals surface area contributed by atoms with E-state index in [-0.39, 0.29) is 13.2 Å². The van der Waals surface area contributed by atoms with E-state index >= 15 is 0 Å². The lowest BCUT2D eigenvalue weighted by molar-refractivity contribution is -0.0990. The van der Waals surface area contributed by atoms with E-state index in [1.54, 1.807) is 0 Å². The van der Waals surface area contributed by atoms with Crippen LogP contribution in [-0.2, 0) is 9.47 Å². The summed E-state index contributed by atoms with van der Waals surface area (Å²) in [5.41, 5.74) is 0. The third kappa shape index (κ3) is 11.2. The average molecular weight is 413 g/mol. The van der Waals surface area contributed by atoms with Crippen LogP contribution in [-0.4, -0.2) is 43.6 Å². The van der Waals surface area contributed by atoms with Crippen molar-refractivity contribution >= 4 is 69.6 Å². The van der Waals surface area contributed by atoms with Crippen LogP contribution >= 0.6 is 69.6 Å². The van der Waals surface area contributed by atoms with Crippen LogP contribution < -0.4 is 0 Å². The van der Waals surface area contributed by atoms with E-state index in [0.717, 1.165) is 12.8 Å². The van der Waals surface area contributed by atoms with Crippen molar-refractivity contribution < 1.29 is 19.7 Å². The Hall–Kier alpha value is 1.58. The Bertz CT molecular complexity index is 229. The molecule has 0 aromatic rings. The molecule has 0 fully saturated rings. The molecule has 0 aliphatic heterocycles. The predicted octanol–water partition coefficient (Wildman–Crippen LogP) is 3.96. The second-order valence-corrected chi connectivity index (χ2v) is 8.68. The summed E-state index contributed by atoms with van der Waals surface area (Å²) in [4.78, 5) is 0. The molecule has 0 aromatic carbocycles. The van der Waals surface area contributed by atoms with E-state index in [0.29, 0.717) is 12.8 Å². The van der Waals surface area contributed by atoms with Gasteiger partial charge >= 0.3 is 0 Å². The van der Waals surface area contributed by atoms with Gasteiger partial charge in [0.05, 0.1) is 0 Å². The molecule has 0 saturated heterocycles. The van der Waals surface area contributed by atoms with Gasteiger partial charge in [-0.1, -0.05) is 82.4 Å². The van der Waals surface area contributed by atoms with Crippen molar-refractivity contribution in [3.63, 3.8) is 0 Å². The molecule has 0 radical (unpaired) electrons. The maximum absolute atomic E-state index is 9.26. The van der Waals surface area contributed by atoms with E-state index in [1.807, 2.05) is 0 Å². The first-order valence-corrected chi connectivity index (χ1v) is 8.04. The van der Waals surface area contributed by atoms with Gasteiger partial charge in [-0.05, 0) is 12.8 Å². The summed E-state index contributed by atoms with van der Waals surface area (Å²) in [5.74, 6) is 0. The van der Waals surface area contributed by atoms with Crippen LogP contribution in [0.3, 0.4) is 0 Å². The van der Waals surface area contributed by atoms with Crippen LogP contribution in [0.25, 0.3) is 0 Å². The summed E-state index contributed by atoms with van der Waals surface area (Å²) in [6, 6.07) is 0. The van der Waals surface area contributed by atoms with E-state index in [1.165, 1.54) is 0 Å². The fourth-order valence-corrected chi connectivity index (χ4v) is 1.51. The van der Waals surface area contributed by atoms with Gasteiger partial charge in [-0.2, -0.15) is 0 Å². The molecule has 2 atom stereocenters. The highest BCUT2D eigenvalue weighted by atomic mass is 35.6. The molecule has 4 nitrogen and oxygen atoms in total. The van der Waals surface area contributed by atoms with Crippen molar-refractivity contribution in [1.29, 1.82) is 0 Å². The quantitative estimate of drug-likeness (QED) is 0.342. The molecular formula is C10H16Cl6O4. The molecule has 0 bridgehead atoms. The smallest absolute Gasteiger partial charge is 0.240 e. The average Bonchev–Trinajstić information content (AvgIpc) is 2.29. The lowest BCUT2D eigenvalue weighted by atomic mass is 10.2. The molecule has 0 unspecified atom stereocenters. The summed E-state index contributed by atoms with van der Waals surface area (Å²) in [6.07, 6.45) is 0.112. The molecular weight excluding hydrogens is 397 g/mol. The van der Waals surface area contributed by atoms with Gasteiger partial charge in [-0.3, -0.25) is 0 Å². The molecule has 0 saturated carbocycles. The number of aliphatic hydroxyl groups excluding tert-OH is 2. The topological polar surface area (TPSA) is 58.9 Å². The maximum atomic E-state index is 9.26. The molecule has 0 amide bonds.